The predicted molar refractivity (Wildman–Crippen MR) is 121 cm³/mol. The van der Waals surface area contributed by atoms with Crippen molar-refractivity contribution in [2.75, 3.05) is 29.9 Å². The Labute approximate surface area is 182 Å². The van der Waals surface area contributed by atoms with Crippen LogP contribution < -0.4 is 10.2 Å². The van der Waals surface area contributed by atoms with Crippen LogP contribution in [0.15, 0.2) is 24.5 Å². The van der Waals surface area contributed by atoms with Crippen molar-refractivity contribution < 1.29 is 9.53 Å². The number of rotatable bonds is 6. The second-order valence-corrected chi connectivity index (χ2v) is 8.22. The minimum absolute atomic E-state index is 0.309. The third kappa shape index (κ3) is 4.33. The first-order chi connectivity index (χ1) is 15.0. The van der Waals surface area contributed by atoms with E-state index in [-0.39, 0.29) is 0 Å². The third-order valence-corrected chi connectivity index (χ3v) is 5.91. The molecule has 8 nitrogen and oxygen atoms in total. The van der Waals surface area contributed by atoms with E-state index in [0.29, 0.717) is 24.4 Å². The van der Waals surface area contributed by atoms with Gasteiger partial charge >= 0.3 is 5.97 Å². The van der Waals surface area contributed by atoms with E-state index in [0.717, 1.165) is 47.1 Å². The highest BCUT2D eigenvalue weighted by Crippen LogP contribution is 2.30. The van der Waals surface area contributed by atoms with Crippen molar-refractivity contribution in [1.82, 2.24) is 19.7 Å². The summed E-state index contributed by atoms with van der Waals surface area (Å²) < 4.78 is 6.97. The average Bonchev–Trinajstić information content (AvgIpc) is 3.07. The zero-order valence-corrected chi connectivity index (χ0v) is 18.7. The first-order valence-corrected chi connectivity index (χ1v) is 10.9. The maximum atomic E-state index is 12.5. The van der Waals surface area contributed by atoms with Crippen LogP contribution in [-0.4, -0.2) is 45.4 Å². The van der Waals surface area contributed by atoms with Crippen LogP contribution in [0.25, 0.3) is 11.0 Å². The maximum Gasteiger partial charge on any atom is 0.341 e. The number of nitrogens with zero attached hydrogens (tertiary/aromatic N) is 5. The van der Waals surface area contributed by atoms with E-state index in [9.17, 15) is 4.79 Å². The highest BCUT2D eigenvalue weighted by atomic mass is 16.5. The largest absolute Gasteiger partial charge is 0.462 e. The number of hydrogen-bond donors (Lipinski definition) is 1. The van der Waals surface area contributed by atoms with Crippen LogP contribution in [0.1, 0.15) is 48.3 Å². The molecule has 1 aliphatic heterocycles. The molecule has 164 valence electrons. The van der Waals surface area contributed by atoms with E-state index in [1.165, 1.54) is 12.8 Å². The first-order valence-electron chi connectivity index (χ1n) is 10.9. The highest BCUT2D eigenvalue weighted by molar-refractivity contribution is 6.05. The molecule has 1 fully saturated rings. The molecule has 0 aromatic carbocycles. The second-order valence-electron chi connectivity index (χ2n) is 8.22. The quantitative estimate of drug-likeness (QED) is 0.606. The van der Waals surface area contributed by atoms with E-state index >= 15 is 0 Å². The number of pyridine rings is 2. The summed E-state index contributed by atoms with van der Waals surface area (Å²) in [5.41, 5.74) is 3.68. The minimum Gasteiger partial charge on any atom is -0.462 e. The van der Waals surface area contributed by atoms with Gasteiger partial charge in [0.15, 0.2) is 5.65 Å². The van der Waals surface area contributed by atoms with Crippen LogP contribution in [-0.2, 0) is 18.3 Å². The Balaban J connectivity index is 1.56. The number of esters is 1. The van der Waals surface area contributed by atoms with E-state index in [1.807, 2.05) is 20.2 Å². The zero-order valence-electron chi connectivity index (χ0n) is 18.7. The summed E-state index contributed by atoms with van der Waals surface area (Å²) in [6.45, 7) is 8.98. The van der Waals surface area contributed by atoms with Gasteiger partial charge in [0.2, 0.25) is 0 Å². The van der Waals surface area contributed by atoms with E-state index in [4.69, 9.17) is 4.74 Å². The fourth-order valence-electron chi connectivity index (χ4n) is 4.10. The molecule has 0 atom stereocenters. The molecule has 31 heavy (non-hydrogen) atoms. The van der Waals surface area contributed by atoms with Crippen LogP contribution in [0.3, 0.4) is 0 Å². The lowest BCUT2D eigenvalue weighted by Gasteiger charge is -2.31. The maximum absolute atomic E-state index is 12.5. The van der Waals surface area contributed by atoms with Crippen molar-refractivity contribution in [1.29, 1.82) is 0 Å². The Morgan fingerprint density at radius 2 is 2.00 bits per heavy atom. The summed E-state index contributed by atoms with van der Waals surface area (Å²) in [7, 11) is 1.85. The number of anilines is 2. The van der Waals surface area contributed by atoms with Gasteiger partial charge in [-0.3, -0.25) is 4.68 Å². The SMILES string of the molecule is CCOC(=O)c1cnc2c(c(C)nn2C)c1NCc1ccc(N2CCC(C)CC2)nc1. The highest BCUT2D eigenvalue weighted by Gasteiger charge is 2.21. The fourth-order valence-corrected chi connectivity index (χ4v) is 4.10. The molecule has 1 saturated heterocycles. The number of fused-ring (bicyclic) bond motifs is 1. The number of ether oxygens (including phenoxy) is 1. The molecule has 3 aromatic heterocycles. The van der Waals surface area contributed by atoms with Crippen LogP contribution in [0.4, 0.5) is 11.5 Å². The Morgan fingerprint density at radius 1 is 1.23 bits per heavy atom. The molecular formula is C23H30N6O2. The van der Waals surface area contributed by atoms with Gasteiger partial charge in [0.25, 0.3) is 0 Å². The standard InChI is InChI=1S/C23H30N6O2/c1-5-31-23(30)18-14-26-22-20(16(3)27-28(22)4)21(18)25-13-17-6-7-19(24-12-17)29-10-8-15(2)9-11-29/h6-7,12,14-15H,5,8-11,13H2,1-4H3,(H,25,26). The van der Waals surface area contributed by atoms with Crippen LogP contribution in [0, 0.1) is 12.8 Å². The zero-order chi connectivity index (χ0) is 22.0. The van der Waals surface area contributed by atoms with Gasteiger partial charge in [0.1, 0.15) is 11.4 Å². The number of carbonyl (C=O) groups excluding carboxylic acids is 1. The summed E-state index contributed by atoms with van der Waals surface area (Å²) >= 11 is 0. The van der Waals surface area contributed by atoms with E-state index in [1.54, 1.807) is 17.8 Å². The van der Waals surface area contributed by atoms with Gasteiger partial charge in [0.05, 0.1) is 23.4 Å². The van der Waals surface area contributed by atoms with Crippen molar-refractivity contribution in [2.24, 2.45) is 13.0 Å². The molecule has 3 aromatic rings. The lowest BCUT2D eigenvalue weighted by molar-refractivity contribution is 0.0527. The number of aromatic nitrogens is 4. The Kier molecular flexibility index (Phi) is 6.06. The molecule has 0 radical (unpaired) electrons. The molecule has 4 rings (SSSR count). The Bertz CT molecular complexity index is 1070. The van der Waals surface area contributed by atoms with Gasteiger partial charge < -0.3 is 15.0 Å². The summed E-state index contributed by atoms with van der Waals surface area (Å²) in [6.07, 6.45) is 5.88. The predicted octanol–water partition coefficient (Wildman–Crippen LogP) is 3.70. The second kappa shape index (κ2) is 8.91. The van der Waals surface area contributed by atoms with Gasteiger partial charge in [-0.15, -0.1) is 0 Å². The first kappa shape index (κ1) is 21.1. The Hall–Kier alpha value is -3.16. The van der Waals surface area contributed by atoms with Gasteiger partial charge in [-0.1, -0.05) is 13.0 Å². The van der Waals surface area contributed by atoms with E-state index < -0.39 is 5.97 Å². The summed E-state index contributed by atoms with van der Waals surface area (Å²) in [5, 5.41) is 8.72. The average molecular weight is 423 g/mol. The molecule has 0 unspecified atom stereocenters. The lowest BCUT2D eigenvalue weighted by atomic mass is 9.99. The van der Waals surface area contributed by atoms with Crippen molar-refractivity contribution in [3.05, 3.63) is 41.3 Å². The van der Waals surface area contributed by atoms with Crippen molar-refractivity contribution in [3.63, 3.8) is 0 Å². The lowest BCUT2D eigenvalue weighted by Crippen LogP contribution is -2.33. The molecule has 0 aliphatic carbocycles. The molecule has 0 saturated carbocycles. The van der Waals surface area contributed by atoms with Crippen LogP contribution in [0.5, 0.6) is 0 Å². The number of carbonyl (C=O) groups is 1. The summed E-state index contributed by atoms with van der Waals surface area (Å²) in [6, 6.07) is 4.17. The molecule has 1 N–H and O–H groups in total. The molecular weight excluding hydrogens is 392 g/mol. The fraction of sp³-hybridized carbons (Fsp3) is 0.478. The third-order valence-electron chi connectivity index (χ3n) is 5.91. The van der Waals surface area contributed by atoms with Crippen molar-refractivity contribution in [3.8, 4) is 0 Å². The number of hydrogen-bond acceptors (Lipinski definition) is 7. The number of nitrogens with one attached hydrogen (secondary N) is 1. The molecule has 1 aliphatic rings. The summed E-state index contributed by atoms with van der Waals surface area (Å²) in [5.74, 6) is 1.43. The van der Waals surface area contributed by atoms with Gasteiger partial charge in [-0.05, 0) is 44.2 Å². The van der Waals surface area contributed by atoms with Crippen LogP contribution >= 0.6 is 0 Å². The van der Waals surface area contributed by atoms with Gasteiger partial charge in [0, 0.05) is 39.1 Å². The molecule has 0 amide bonds. The molecule has 0 bridgehead atoms. The van der Waals surface area contributed by atoms with Gasteiger partial charge in [-0.2, -0.15) is 5.10 Å². The topological polar surface area (TPSA) is 85.2 Å². The van der Waals surface area contributed by atoms with Gasteiger partial charge in [-0.25, -0.2) is 14.8 Å². The normalized spacial score (nSPS) is 14.8. The van der Waals surface area contributed by atoms with Crippen molar-refractivity contribution >= 4 is 28.5 Å². The Morgan fingerprint density at radius 3 is 2.68 bits per heavy atom. The smallest absolute Gasteiger partial charge is 0.341 e. The molecule has 8 heteroatoms. The molecule has 4 heterocycles. The monoisotopic (exact) mass is 422 g/mol. The van der Waals surface area contributed by atoms with E-state index in [2.05, 4.69) is 44.3 Å². The minimum atomic E-state index is -0.393. The molecule has 0 spiro atoms. The number of piperidine rings is 1. The summed E-state index contributed by atoms with van der Waals surface area (Å²) in [4.78, 5) is 24.0. The van der Waals surface area contributed by atoms with Crippen molar-refractivity contribution in [2.45, 2.75) is 40.2 Å². The number of aryl methyl sites for hydroxylation is 2. The van der Waals surface area contributed by atoms with Crippen LogP contribution in [0.2, 0.25) is 0 Å².